The summed E-state index contributed by atoms with van der Waals surface area (Å²) in [6.07, 6.45) is -0.896. The largest absolute Gasteiger partial charge is 0.396 e. The normalized spacial score (nSPS) is 24.4. The van der Waals surface area contributed by atoms with Gasteiger partial charge in [-0.25, -0.2) is 23.4 Å². The first-order chi connectivity index (χ1) is 14.2. The van der Waals surface area contributed by atoms with Crippen LogP contribution in [0, 0.1) is 12.8 Å². The summed E-state index contributed by atoms with van der Waals surface area (Å²) in [7, 11) is -3.68. The van der Waals surface area contributed by atoms with Crippen LogP contribution >= 0.6 is 11.3 Å². The molecule has 1 aliphatic carbocycles. The first-order valence-corrected chi connectivity index (χ1v) is 12.1. The van der Waals surface area contributed by atoms with Crippen LogP contribution in [0.4, 0.5) is 5.82 Å². The van der Waals surface area contributed by atoms with Gasteiger partial charge in [-0.3, -0.25) is 0 Å². The number of aliphatic hydroxyl groups is 3. The Morgan fingerprint density at radius 2 is 1.90 bits per heavy atom. The molecule has 30 heavy (non-hydrogen) atoms. The highest BCUT2D eigenvalue weighted by atomic mass is 32.2. The van der Waals surface area contributed by atoms with E-state index in [0.29, 0.717) is 22.7 Å². The first-order valence-electron chi connectivity index (χ1n) is 9.37. The van der Waals surface area contributed by atoms with Crippen LogP contribution in [0.2, 0.25) is 0 Å². The third kappa shape index (κ3) is 3.79. The van der Waals surface area contributed by atoms with E-state index in [2.05, 4.69) is 20.3 Å². The first kappa shape index (κ1) is 21.1. The number of nitrogens with zero attached hydrogens (tertiary/aromatic N) is 3. The van der Waals surface area contributed by atoms with Gasteiger partial charge in [0.1, 0.15) is 16.9 Å². The molecule has 0 unspecified atom stereocenters. The maximum atomic E-state index is 12.1. The average molecular weight is 451 g/mol. The van der Waals surface area contributed by atoms with Crippen LogP contribution in [-0.4, -0.2) is 69.8 Å². The van der Waals surface area contributed by atoms with Crippen molar-refractivity contribution in [3.63, 3.8) is 0 Å². The summed E-state index contributed by atoms with van der Waals surface area (Å²) in [5.74, 6) is -0.266. The number of benzene rings is 1. The highest BCUT2D eigenvalue weighted by Gasteiger charge is 2.41. The lowest BCUT2D eigenvalue weighted by atomic mass is 10.1. The number of thiazole rings is 1. The van der Waals surface area contributed by atoms with Crippen molar-refractivity contribution in [2.24, 2.45) is 5.92 Å². The minimum atomic E-state index is -3.68. The van der Waals surface area contributed by atoms with E-state index in [1.54, 1.807) is 6.92 Å². The number of sulfone groups is 1. The van der Waals surface area contributed by atoms with Crippen molar-refractivity contribution in [2.45, 2.75) is 36.8 Å². The molecule has 2 heterocycles. The van der Waals surface area contributed by atoms with Gasteiger partial charge in [-0.2, -0.15) is 0 Å². The van der Waals surface area contributed by atoms with E-state index in [1.165, 1.54) is 11.3 Å². The van der Waals surface area contributed by atoms with Crippen molar-refractivity contribution in [3.8, 4) is 10.6 Å². The van der Waals surface area contributed by atoms with E-state index in [9.17, 15) is 23.7 Å². The smallest absolute Gasteiger partial charge is 0.249 e. The molecule has 1 saturated carbocycles. The summed E-state index contributed by atoms with van der Waals surface area (Å²) < 4.78 is 25.1. The lowest BCUT2D eigenvalue weighted by molar-refractivity contribution is 0.00445. The Bertz CT molecular complexity index is 1160. The standard InChI is InChI=1S/C19H22N4O5S2/c1-9-14(18-22-11-5-3-4-6-13(11)29-18)17(23-19(20-9)30(2,27)28)21-12-7-10(8-24)15(25)16(12)26/h3-6,10,12,15-16,24-26H,7-8H2,1-2H3,(H,20,21,23)/t10-,12-,15-,16+/m1/s1. The van der Waals surface area contributed by atoms with Gasteiger partial charge < -0.3 is 20.6 Å². The van der Waals surface area contributed by atoms with Gasteiger partial charge in [-0.05, 0) is 25.5 Å². The minimum Gasteiger partial charge on any atom is -0.396 e. The van der Waals surface area contributed by atoms with Crippen LogP contribution < -0.4 is 5.32 Å². The maximum absolute atomic E-state index is 12.1. The lowest BCUT2D eigenvalue weighted by Crippen LogP contribution is -2.36. The second-order valence-corrected chi connectivity index (χ2v) is 10.4. The zero-order valence-electron chi connectivity index (χ0n) is 16.3. The maximum Gasteiger partial charge on any atom is 0.249 e. The van der Waals surface area contributed by atoms with Crippen LogP contribution in [-0.2, 0) is 9.84 Å². The summed E-state index contributed by atoms with van der Waals surface area (Å²) in [6.45, 7) is 1.41. The third-order valence-corrected chi connectivity index (χ3v) is 7.17. The predicted molar refractivity (Wildman–Crippen MR) is 113 cm³/mol. The van der Waals surface area contributed by atoms with Gasteiger partial charge in [0.2, 0.25) is 15.0 Å². The Labute approximate surface area is 177 Å². The predicted octanol–water partition coefficient (Wildman–Crippen LogP) is 0.980. The zero-order chi connectivity index (χ0) is 21.6. The Hall–Kier alpha value is -2.18. The summed E-state index contributed by atoms with van der Waals surface area (Å²) in [5, 5.41) is 33.3. The van der Waals surface area contributed by atoms with E-state index in [-0.39, 0.29) is 17.6 Å². The molecule has 9 nitrogen and oxygen atoms in total. The summed E-state index contributed by atoms with van der Waals surface area (Å²) in [6, 6.07) is 6.99. The summed E-state index contributed by atoms with van der Waals surface area (Å²) in [5.41, 5.74) is 1.77. The number of aliphatic hydroxyl groups excluding tert-OH is 3. The third-order valence-electron chi connectivity index (χ3n) is 5.27. The zero-order valence-corrected chi connectivity index (χ0v) is 18.0. The van der Waals surface area contributed by atoms with E-state index in [4.69, 9.17) is 0 Å². The molecular weight excluding hydrogens is 428 g/mol. The number of rotatable bonds is 5. The fourth-order valence-electron chi connectivity index (χ4n) is 3.68. The van der Waals surface area contributed by atoms with Gasteiger partial charge in [0.05, 0.1) is 33.6 Å². The molecule has 4 atom stereocenters. The fourth-order valence-corrected chi connectivity index (χ4v) is 5.30. The topological polar surface area (TPSA) is 146 Å². The fraction of sp³-hybridized carbons (Fsp3) is 0.421. The van der Waals surface area contributed by atoms with Crippen LogP contribution in [0.5, 0.6) is 0 Å². The molecule has 0 saturated heterocycles. The Balaban J connectivity index is 1.83. The quantitative estimate of drug-likeness (QED) is 0.418. The van der Waals surface area contributed by atoms with Gasteiger partial charge in [0.15, 0.2) is 0 Å². The van der Waals surface area contributed by atoms with Crippen molar-refractivity contribution in [1.82, 2.24) is 15.0 Å². The molecule has 1 aliphatic rings. The second kappa shape index (κ2) is 7.82. The molecule has 2 aromatic heterocycles. The van der Waals surface area contributed by atoms with Crippen LogP contribution in [0.15, 0.2) is 29.4 Å². The van der Waals surface area contributed by atoms with Crippen LogP contribution in [0.25, 0.3) is 20.8 Å². The van der Waals surface area contributed by atoms with Gasteiger partial charge in [-0.1, -0.05) is 12.1 Å². The molecule has 160 valence electrons. The Morgan fingerprint density at radius 3 is 2.53 bits per heavy atom. The van der Waals surface area contributed by atoms with Crippen molar-refractivity contribution in [2.75, 3.05) is 18.2 Å². The second-order valence-electron chi connectivity index (χ2n) is 7.48. The Kier molecular flexibility index (Phi) is 5.49. The minimum absolute atomic E-state index is 0.219. The molecule has 1 fully saturated rings. The molecule has 4 rings (SSSR count). The molecule has 11 heteroatoms. The molecule has 4 N–H and O–H groups in total. The highest BCUT2D eigenvalue weighted by molar-refractivity contribution is 7.90. The summed E-state index contributed by atoms with van der Waals surface area (Å²) in [4.78, 5) is 13.0. The molecule has 0 amide bonds. The van der Waals surface area contributed by atoms with E-state index >= 15 is 0 Å². The number of fused-ring (bicyclic) bond motifs is 1. The number of hydrogen-bond acceptors (Lipinski definition) is 10. The van der Waals surface area contributed by atoms with E-state index in [0.717, 1.165) is 16.5 Å². The number of hydrogen-bond donors (Lipinski definition) is 4. The highest BCUT2D eigenvalue weighted by Crippen LogP contribution is 2.37. The van der Waals surface area contributed by atoms with E-state index in [1.807, 2.05) is 24.3 Å². The Morgan fingerprint density at radius 1 is 1.17 bits per heavy atom. The van der Waals surface area contributed by atoms with Gasteiger partial charge in [-0.15, -0.1) is 11.3 Å². The molecule has 0 aliphatic heterocycles. The van der Waals surface area contributed by atoms with Crippen LogP contribution in [0.1, 0.15) is 12.1 Å². The molecule has 0 spiro atoms. The van der Waals surface area contributed by atoms with E-state index < -0.39 is 34.0 Å². The van der Waals surface area contributed by atoms with Crippen molar-refractivity contribution in [3.05, 3.63) is 30.0 Å². The summed E-state index contributed by atoms with van der Waals surface area (Å²) >= 11 is 1.42. The number of aromatic nitrogens is 3. The van der Waals surface area contributed by atoms with Gasteiger partial charge in [0, 0.05) is 18.8 Å². The molecule has 1 aromatic carbocycles. The SMILES string of the molecule is Cc1nc(S(C)(=O)=O)nc(N[C@@H]2C[C@H](CO)[C@@H](O)[C@H]2O)c1-c1nc2ccccc2s1. The molecule has 0 bridgehead atoms. The van der Waals surface area contributed by atoms with Crippen molar-refractivity contribution >= 4 is 37.2 Å². The van der Waals surface area contributed by atoms with Crippen molar-refractivity contribution in [1.29, 1.82) is 0 Å². The number of aryl methyl sites for hydroxylation is 1. The molecule has 3 aromatic rings. The lowest BCUT2D eigenvalue weighted by Gasteiger charge is -2.21. The van der Waals surface area contributed by atoms with Crippen molar-refractivity contribution < 1.29 is 23.7 Å². The monoisotopic (exact) mass is 450 g/mol. The number of para-hydroxylation sites is 1. The van der Waals surface area contributed by atoms with Gasteiger partial charge >= 0.3 is 0 Å². The number of nitrogens with one attached hydrogen (secondary N) is 1. The number of anilines is 1. The van der Waals surface area contributed by atoms with Gasteiger partial charge in [0.25, 0.3) is 0 Å². The molecule has 0 radical (unpaired) electrons. The van der Waals surface area contributed by atoms with Crippen LogP contribution in [0.3, 0.4) is 0 Å². The average Bonchev–Trinajstić information content (AvgIpc) is 3.23. The molecular formula is C19H22N4O5S2.